The molecule has 2 bridgehead atoms. The van der Waals surface area contributed by atoms with Crippen LogP contribution in [0.1, 0.15) is 31.4 Å². The van der Waals surface area contributed by atoms with E-state index in [-0.39, 0.29) is 17.5 Å². The van der Waals surface area contributed by atoms with Crippen LogP contribution in [0.3, 0.4) is 0 Å². The highest BCUT2D eigenvalue weighted by Gasteiger charge is 2.56. The maximum atomic E-state index is 13.3. The number of aliphatic hydroxyl groups is 1. The maximum Gasteiger partial charge on any atom is 0.195 e. The van der Waals surface area contributed by atoms with Gasteiger partial charge in [0.2, 0.25) is 0 Å². The number of methoxy groups -OCH3 is 1. The van der Waals surface area contributed by atoms with Gasteiger partial charge in [-0.15, -0.1) is 0 Å². The van der Waals surface area contributed by atoms with Crippen LogP contribution in [0.15, 0.2) is 42.2 Å². The average molecular weight is 447 g/mol. The number of fused-ring (bicyclic) bond motifs is 2. The van der Waals surface area contributed by atoms with E-state index in [1.165, 1.54) is 0 Å². The number of hydrogen-bond acceptors (Lipinski definition) is 4. The molecule has 0 radical (unpaired) electrons. The Balaban J connectivity index is 1.89. The van der Waals surface area contributed by atoms with Gasteiger partial charge in [-0.3, -0.25) is 4.79 Å². The predicted octanol–water partition coefficient (Wildman–Crippen LogP) is 5.88. The van der Waals surface area contributed by atoms with E-state index in [1.807, 2.05) is 38.1 Å². The van der Waals surface area contributed by atoms with Gasteiger partial charge in [0, 0.05) is 28.6 Å². The van der Waals surface area contributed by atoms with Crippen molar-refractivity contribution in [1.82, 2.24) is 0 Å². The van der Waals surface area contributed by atoms with Gasteiger partial charge >= 0.3 is 0 Å². The second-order valence-electron chi connectivity index (χ2n) is 8.04. The Bertz CT molecular complexity index is 1050. The fourth-order valence-corrected chi connectivity index (χ4v) is 5.07. The third-order valence-corrected chi connectivity index (χ3v) is 6.83. The summed E-state index contributed by atoms with van der Waals surface area (Å²) in [5, 5.41) is 12.3. The SMILES string of the molecule is CCc1ccc(-c2ccc(Cl)cc2Cl)cc1C1=C(O)[C@]2(C)O[C@@H](CC2COC)C1=O. The highest BCUT2D eigenvalue weighted by molar-refractivity contribution is 6.36. The molecule has 1 N–H and O–H groups in total. The summed E-state index contributed by atoms with van der Waals surface area (Å²) in [4.78, 5) is 13.3. The molecule has 0 spiro atoms. The van der Waals surface area contributed by atoms with Crippen LogP contribution in [0.2, 0.25) is 10.0 Å². The molecule has 30 heavy (non-hydrogen) atoms. The van der Waals surface area contributed by atoms with Crippen LogP contribution in [-0.4, -0.2) is 36.3 Å². The summed E-state index contributed by atoms with van der Waals surface area (Å²) >= 11 is 12.5. The molecule has 2 aromatic rings. The molecule has 2 aromatic carbocycles. The van der Waals surface area contributed by atoms with Gasteiger partial charge in [-0.05, 0) is 54.7 Å². The lowest BCUT2D eigenvalue weighted by molar-refractivity contribution is -0.132. The lowest BCUT2D eigenvalue weighted by Gasteiger charge is -2.34. The van der Waals surface area contributed by atoms with Crippen molar-refractivity contribution >= 4 is 34.6 Å². The highest BCUT2D eigenvalue weighted by Crippen LogP contribution is 2.49. The van der Waals surface area contributed by atoms with E-state index in [1.54, 1.807) is 19.2 Å². The maximum absolute atomic E-state index is 13.3. The van der Waals surface area contributed by atoms with Crippen molar-refractivity contribution in [2.45, 2.75) is 38.4 Å². The number of carbonyl (C=O) groups is 1. The van der Waals surface area contributed by atoms with Crippen molar-refractivity contribution in [2.75, 3.05) is 13.7 Å². The predicted molar refractivity (Wildman–Crippen MR) is 119 cm³/mol. The Morgan fingerprint density at radius 3 is 2.63 bits per heavy atom. The monoisotopic (exact) mass is 446 g/mol. The van der Waals surface area contributed by atoms with E-state index in [0.717, 1.165) is 28.7 Å². The van der Waals surface area contributed by atoms with E-state index < -0.39 is 11.7 Å². The molecule has 1 saturated heterocycles. The van der Waals surface area contributed by atoms with Gasteiger partial charge < -0.3 is 14.6 Å². The molecule has 2 aliphatic rings. The van der Waals surface area contributed by atoms with Gasteiger partial charge in [0.25, 0.3) is 0 Å². The Kier molecular flexibility index (Phi) is 5.71. The van der Waals surface area contributed by atoms with Crippen LogP contribution in [0.5, 0.6) is 0 Å². The van der Waals surface area contributed by atoms with Crippen LogP contribution < -0.4 is 0 Å². The molecule has 6 heteroatoms. The minimum Gasteiger partial charge on any atom is -0.508 e. The molecular formula is C24H24Cl2O4. The number of aliphatic hydroxyl groups excluding tert-OH is 1. The number of hydrogen-bond donors (Lipinski definition) is 1. The van der Waals surface area contributed by atoms with Crippen molar-refractivity contribution in [2.24, 2.45) is 5.92 Å². The lowest BCUT2D eigenvalue weighted by Crippen LogP contribution is -2.41. The minimum absolute atomic E-state index is 0.0163. The van der Waals surface area contributed by atoms with E-state index in [4.69, 9.17) is 32.7 Å². The van der Waals surface area contributed by atoms with Gasteiger partial charge in [-0.2, -0.15) is 0 Å². The molecule has 1 fully saturated rings. The molecule has 2 aliphatic heterocycles. The van der Waals surface area contributed by atoms with Crippen LogP contribution in [0.25, 0.3) is 16.7 Å². The summed E-state index contributed by atoms with van der Waals surface area (Å²) in [5.41, 5.74) is 2.78. The van der Waals surface area contributed by atoms with E-state index >= 15 is 0 Å². The van der Waals surface area contributed by atoms with Crippen molar-refractivity contribution in [3.05, 3.63) is 63.3 Å². The summed E-state index contributed by atoms with van der Waals surface area (Å²) < 4.78 is 11.3. The molecule has 4 rings (SSSR count). The first-order chi connectivity index (χ1) is 14.3. The second-order valence-corrected chi connectivity index (χ2v) is 8.88. The number of carbonyl (C=O) groups excluding carboxylic acids is 1. The summed E-state index contributed by atoms with van der Waals surface area (Å²) in [6, 6.07) is 11.2. The van der Waals surface area contributed by atoms with Crippen molar-refractivity contribution < 1.29 is 19.4 Å². The normalized spacial score (nSPS) is 25.8. The molecule has 0 saturated carbocycles. The van der Waals surface area contributed by atoms with Crippen molar-refractivity contribution in [3.63, 3.8) is 0 Å². The average Bonchev–Trinajstić information content (AvgIpc) is 3.02. The zero-order chi connectivity index (χ0) is 21.6. The van der Waals surface area contributed by atoms with Crippen LogP contribution in [0, 0.1) is 5.92 Å². The summed E-state index contributed by atoms with van der Waals surface area (Å²) in [5.74, 6) is -0.289. The first-order valence-electron chi connectivity index (χ1n) is 10.0. The quantitative estimate of drug-likeness (QED) is 0.622. The van der Waals surface area contributed by atoms with Crippen molar-refractivity contribution in [3.8, 4) is 11.1 Å². The Morgan fingerprint density at radius 2 is 1.97 bits per heavy atom. The fourth-order valence-electron chi connectivity index (χ4n) is 4.56. The van der Waals surface area contributed by atoms with Crippen LogP contribution in [-0.2, 0) is 20.7 Å². The summed E-state index contributed by atoms with van der Waals surface area (Å²) in [6.45, 7) is 4.28. The minimum atomic E-state index is -0.942. The number of ether oxygens (including phenoxy) is 2. The molecule has 2 heterocycles. The van der Waals surface area contributed by atoms with Gasteiger partial charge in [0.05, 0.1) is 12.2 Å². The molecule has 158 valence electrons. The number of benzene rings is 2. The fraction of sp³-hybridized carbons (Fsp3) is 0.375. The number of halogens is 2. The Morgan fingerprint density at radius 1 is 1.20 bits per heavy atom. The van der Waals surface area contributed by atoms with Gasteiger partial charge in [-0.25, -0.2) is 0 Å². The molecule has 0 aliphatic carbocycles. The summed E-state index contributed by atoms with van der Waals surface area (Å²) in [6.07, 6.45) is 0.673. The summed E-state index contributed by atoms with van der Waals surface area (Å²) in [7, 11) is 1.61. The molecule has 0 amide bonds. The Labute approximate surface area is 186 Å². The Hall–Kier alpha value is -1.85. The number of rotatable bonds is 5. The smallest absolute Gasteiger partial charge is 0.195 e. The molecule has 0 aromatic heterocycles. The zero-order valence-electron chi connectivity index (χ0n) is 17.2. The third kappa shape index (κ3) is 3.36. The lowest BCUT2D eigenvalue weighted by atomic mass is 9.84. The second kappa shape index (κ2) is 8.01. The number of Topliss-reactive ketones (excluding diaryl/α,β-unsaturated/α-hetero) is 1. The van der Waals surface area contributed by atoms with E-state index in [2.05, 4.69) is 0 Å². The largest absolute Gasteiger partial charge is 0.508 e. The molecule has 4 nitrogen and oxygen atoms in total. The first kappa shape index (κ1) is 21.4. The van der Waals surface area contributed by atoms with Crippen molar-refractivity contribution in [1.29, 1.82) is 0 Å². The number of aryl methyl sites for hydroxylation is 1. The zero-order valence-corrected chi connectivity index (χ0v) is 18.7. The van der Waals surface area contributed by atoms with Crippen LogP contribution in [0.4, 0.5) is 0 Å². The number of ketones is 1. The molecule has 1 unspecified atom stereocenters. The van der Waals surface area contributed by atoms with E-state index in [0.29, 0.717) is 28.6 Å². The van der Waals surface area contributed by atoms with Gasteiger partial charge in [0.15, 0.2) is 5.78 Å². The highest BCUT2D eigenvalue weighted by atomic mass is 35.5. The third-order valence-electron chi connectivity index (χ3n) is 6.28. The van der Waals surface area contributed by atoms with E-state index in [9.17, 15) is 9.90 Å². The standard InChI is InChI=1S/C24H24Cl2O4/c1-4-13-5-6-14(17-8-7-16(25)11-19(17)26)9-18(13)21-22(27)20-10-15(12-29-3)24(2,30-20)23(21)28/h5-9,11,15,20,28H,4,10,12H2,1-3H3/t15?,20-,24+/m0/s1. The van der Waals surface area contributed by atoms with Gasteiger partial charge in [-0.1, -0.05) is 48.3 Å². The molecular weight excluding hydrogens is 423 g/mol. The van der Waals surface area contributed by atoms with Gasteiger partial charge in [0.1, 0.15) is 17.5 Å². The first-order valence-corrected chi connectivity index (χ1v) is 10.8. The topological polar surface area (TPSA) is 55.8 Å². The molecule has 3 atom stereocenters. The van der Waals surface area contributed by atoms with Crippen LogP contribution >= 0.6 is 23.2 Å².